The number of nitrogens with one attached hydrogen (secondary N) is 3. The molecule has 1 saturated heterocycles. The van der Waals surface area contributed by atoms with Gasteiger partial charge in [0.15, 0.2) is 0 Å². The number of aromatic amines is 2. The van der Waals surface area contributed by atoms with Gasteiger partial charge in [-0.3, -0.25) is 9.78 Å². The molecule has 1 atom stereocenters. The lowest BCUT2D eigenvalue weighted by molar-refractivity contribution is 0.310. The van der Waals surface area contributed by atoms with E-state index in [0.29, 0.717) is 25.2 Å². The van der Waals surface area contributed by atoms with E-state index in [1.807, 2.05) is 6.92 Å². The Labute approximate surface area is 138 Å². The number of hydrogen-bond acceptors (Lipinski definition) is 5. The molecule has 126 valence electrons. The van der Waals surface area contributed by atoms with Crippen LogP contribution < -0.4 is 16.6 Å². The molecule has 1 fully saturated rings. The molecule has 3 N–H and O–H groups in total. The van der Waals surface area contributed by atoms with Gasteiger partial charge in [0, 0.05) is 25.7 Å². The van der Waals surface area contributed by atoms with E-state index in [-0.39, 0.29) is 28.7 Å². The summed E-state index contributed by atoms with van der Waals surface area (Å²) in [5, 5.41) is 3.32. The average molecular weight is 361 g/mol. The van der Waals surface area contributed by atoms with Gasteiger partial charge < -0.3 is 10.3 Å². The van der Waals surface area contributed by atoms with Crippen molar-refractivity contribution in [3.05, 3.63) is 39.0 Å². The second-order valence-corrected chi connectivity index (χ2v) is 7.27. The van der Waals surface area contributed by atoms with Crippen molar-refractivity contribution in [3.63, 3.8) is 0 Å². The van der Waals surface area contributed by atoms with Gasteiger partial charge in [-0.15, -0.1) is 12.4 Å². The van der Waals surface area contributed by atoms with Gasteiger partial charge in [-0.2, -0.15) is 4.31 Å². The highest BCUT2D eigenvalue weighted by atomic mass is 35.5. The van der Waals surface area contributed by atoms with E-state index >= 15 is 0 Å². The van der Waals surface area contributed by atoms with E-state index < -0.39 is 21.3 Å². The zero-order valence-electron chi connectivity index (χ0n) is 12.3. The fourth-order valence-corrected chi connectivity index (χ4v) is 4.13. The molecule has 2 aromatic rings. The summed E-state index contributed by atoms with van der Waals surface area (Å²) in [4.78, 5) is 27.6. The maximum Gasteiger partial charge on any atom is 0.326 e. The van der Waals surface area contributed by atoms with Crippen molar-refractivity contribution in [2.75, 3.05) is 19.6 Å². The number of H-pyrrole nitrogens is 2. The van der Waals surface area contributed by atoms with E-state index in [0.717, 1.165) is 0 Å². The number of halogens is 1. The minimum absolute atomic E-state index is 0. The fraction of sp³-hybridized carbons (Fsp3) is 0.385. The highest BCUT2D eigenvalue weighted by Gasteiger charge is 2.28. The Morgan fingerprint density at radius 1 is 1.22 bits per heavy atom. The van der Waals surface area contributed by atoms with Crippen LogP contribution in [0.2, 0.25) is 0 Å². The first-order valence-electron chi connectivity index (χ1n) is 6.88. The maximum absolute atomic E-state index is 12.7. The van der Waals surface area contributed by atoms with Gasteiger partial charge in [0.2, 0.25) is 10.0 Å². The summed E-state index contributed by atoms with van der Waals surface area (Å²) in [6, 6.07) is 4.21. The first kappa shape index (κ1) is 17.7. The summed E-state index contributed by atoms with van der Waals surface area (Å²) in [6.07, 6.45) is 0. The molecule has 0 amide bonds. The molecule has 1 aromatic carbocycles. The Morgan fingerprint density at radius 3 is 2.65 bits per heavy atom. The van der Waals surface area contributed by atoms with Crippen LogP contribution in [0.25, 0.3) is 10.9 Å². The van der Waals surface area contributed by atoms with Gasteiger partial charge >= 0.3 is 5.69 Å². The Balaban J connectivity index is 0.00000192. The molecular weight excluding hydrogens is 344 g/mol. The lowest BCUT2D eigenvalue weighted by Crippen LogP contribution is -2.51. The number of nitrogens with zero attached hydrogens (tertiary/aromatic N) is 1. The second-order valence-electron chi connectivity index (χ2n) is 5.33. The molecule has 0 saturated carbocycles. The molecule has 1 aliphatic rings. The van der Waals surface area contributed by atoms with Crippen LogP contribution in [0.3, 0.4) is 0 Å². The smallest absolute Gasteiger partial charge is 0.312 e. The van der Waals surface area contributed by atoms with Gasteiger partial charge in [-0.1, -0.05) is 0 Å². The first-order chi connectivity index (χ1) is 10.4. The SMILES string of the molecule is CC1CN(S(=O)(=O)c2ccc3[nH]c(=O)[nH]c(=O)c3c2)CCN1.Cl. The highest BCUT2D eigenvalue weighted by Crippen LogP contribution is 2.19. The van der Waals surface area contributed by atoms with Crippen LogP contribution in [0.15, 0.2) is 32.7 Å². The minimum atomic E-state index is -3.66. The van der Waals surface area contributed by atoms with Crippen molar-refractivity contribution in [2.24, 2.45) is 0 Å². The Kier molecular flexibility index (Phi) is 4.95. The number of benzene rings is 1. The van der Waals surface area contributed by atoms with Gasteiger partial charge in [0.1, 0.15) is 0 Å². The summed E-state index contributed by atoms with van der Waals surface area (Å²) in [5.41, 5.74) is -0.921. The van der Waals surface area contributed by atoms with Crippen molar-refractivity contribution >= 4 is 33.3 Å². The fourth-order valence-electron chi connectivity index (χ4n) is 2.57. The Morgan fingerprint density at radius 2 is 1.96 bits per heavy atom. The molecule has 2 heterocycles. The quantitative estimate of drug-likeness (QED) is 0.675. The summed E-state index contributed by atoms with van der Waals surface area (Å²) >= 11 is 0. The van der Waals surface area contributed by atoms with Gasteiger partial charge in [0.25, 0.3) is 5.56 Å². The second kappa shape index (κ2) is 6.44. The van der Waals surface area contributed by atoms with Crippen LogP contribution >= 0.6 is 12.4 Å². The predicted molar refractivity (Wildman–Crippen MR) is 88.7 cm³/mol. The van der Waals surface area contributed by atoms with Crippen LogP contribution in [-0.4, -0.2) is 48.4 Å². The van der Waals surface area contributed by atoms with Crippen LogP contribution in [0.1, 0.15) is 6.92 Å². The Hall–Kier alpha value is -1.68. The van der Waals surface area contributed by atoms with Gasteiger partial charge in [-0.25, -0.2) is 13.2 Å². The van der Waals surface area contributed by atoms with E-state index in [2.05, 4.69) is 15.3 Å². The number of rotatable bonds is 2. The third kappa shape index (κ3) is 3.32. The summed E-state index contributed by atoms with van der Waals surface area (Å²) in [5.74, 6) is 0. The standard InChI is InChI=1S/C13H16N4O4S.ClH/c1-8-7-17(5-4-14-8)22(20,21)9-2-3-11-10(6-9)12(18)16-13(19)15-11;/h2-3,6,8,14H,4-5,7H2,1H3,(H2,15,16,18,19);1H. The molecule has 0 radical (unpaired) electrons. The molecule has 1 aliphatic heterocycles. The molecular formula is C13H17ClN4O4S. The summed E-state index contributed by atoms with van der Waals surface area (Å²) in [7, 11) is -3.66. The number of sulfonamides is 1. The summed E-state index contributed by atoms with van der Waals surface area (Å²) in [6.45, 7) is 3.26. The van der Waals surface area contributed by atoms with Crippen LogP contribution in [0.4, 0.5) is 0 Å². The molecule has 0 bridgehead atoms. The number of aromatic nitrogens is 2. The number of hydrogen-bond donors (Lipinski definition) is 3. The van der Waals surface area contributed by atoms with Crippen LogP contribution in [0, 0.1) is 0 Å². The normalized spacial score (nSPS) is 19.4. The van der Waals surface area contributed by atoms with Crippen molar-refractivity contribution in [3.8, 4) is 0 Å². The molecule has 1 aromatic heterocycles. The lowest BCUT2D eigenvalue weighted by atomic mass is 10.2. The molecule has 8 nitrogen and oxygen atoms in total. The Bertz CT molecular complexity index is 937. The van der Waals surface area contributed by atoms with Gasteiger partial charge in [0.05, 0.1) is 15.8 Å². The van der Waals surface area contributed by atoms with Gasteiger partial charge in [-0.05, 0) is 25.1 Å². The van der Waals surface area contributed by atoms with Crippen molar-refractivity contribution in [1.82, 2.24) is 19.6 Å². The average Bonchev–Trinajstić information content (AvgIpc) is 2.46. The highest BCUT2D eigenvalue weighted by molar-refractivity contribution is 7.89. The van der Waals surface area contributed by atoms with Crippen molar-refractivity contribution in [2.45, 2.75) is 17.9 Å². The van der Waals surface area contributed by atoms with Crippen LogP contribution in [0.5, 0.6) is 0 Å². The molecule has 0 aliphatic carbocycles. The third-order valence-electron chi connectivity index (χ3n) is 3.68. The largest absolute Gasteiger partial charge is 0.326 e. The maximum atomic E-state index is 12.7. The number of piperazine rings is 1. The van der Waals surface area contributed by atoms with E-state index in [1.54, 1.807) is 0 Å². The molecule has 23 heavy (non-hydrogen) atoms. The first-order valence-corrected chi connectivity index (χ1v) is 8.32. The zero-order chi connectivity index (χ0) is 15.9. The zero-order valence-corrected chi connectivity index (χ0v) is 14.0. The molecule has 3 rings (SSSR count). The van der Waals surface area contributed by atoms with E-state index in [4.69, 9.17) is 0 Å². The van der Waals surface area contributed by atoms with Crippen molar-refractivity contribution in [1.29, 1.82) is 0 Å². The topological polar surface area (TPSA) is 115 Å². The van der Waals surface area contributed by atoms with E-state index in [9.17, 15) is 18.0 Å². The molecule has 0 spiro atoms. The minimum Gasteiger partial charge on any atom is -0.312 e. The number of fused-ring (bicyclic) bond motifs is 1. The lowest BCUT2D eigenvalue weighted by Gasteiger charge is -2.31. The molecule has 1 unspecified atom stereocenters. The summed E-state index contributed by atoms with van der Waals surface area (Å²) < 4.78 is 26.7. The third-order valence-corrected chi connectivity index (χ3v) is 5.54. The van der Waals surface area contributed by atoms with Crippen LogP contribution in [-0.2, 0) is 10.0 Å². The molecule has 10 heteroatoms. The predicted octanol–water partition coefficient (Wildman–Crippen LogP) is -0.379. The van der Waals surface area contributed by atoms with E-state index in [1.165, 1.54) is 22.5 Å². The van der Waals surface area contributed by atoms with Crippen molar-refractivity contribution < 1.29 is 8.42 Å². The monoisotopic (exact) mass is 360 g/mol.